The first-order valence-corrected chi connectivity index (χ1v) is 6.72. The molecular formula is C14H15N3O5. The van der Waals surface area contributed by atoms with E-state index < -0.39 is 12.0 Å². The number of rotatable bonds is 4. The third-order valence-electron chi connectivity index (χ3n) is 3.71. The fourth-order valence-electron chi connectivity index (χ4n) is 2.57. The molecule has 0 aromatic carbocycles. The Morgan fingerprint density at radius 2 is 2.45 bits per heavy atom. The normalized spacial score (nSPS) is 18.0. The molecule has 22 heavy (non-hydrogen) atoms. The Hall–Kier alpha value is -2.61. The summed E-state index contributed by atoms with van der Waals surface area (Å²) >= 11 is 0. The summed E-state index contributed by atoms with van der Waals surface area (Å²) in [4.78, 5) is 32.1. The molecule has 1 atom stereocenters. The SMILES string of the molecule is COc1coc(CN2Cc3[nH]cnc3CC2C(=O)O)cc1=O. The minimum Gasteiger partial charge on any atom is -0.490 e. The molecule has 0 saturated carbocycles. The number of methoxy groups -OCH3 is 1. The fourth-order valence-corrected chi connectivity index (χ4v) is 2.57. The van der Waals surface area contributed by atoms with Crippen molar-refractivity contribution in [3.63, 3.8) is 0 Å². The van der Waals surface area contributed by atoms with Crippen molar-refractivity contribution in [2.45, 2.75) is 25.6 Å². The molecule has 3 rings (SSSR count). The fraction of sp³-hybridized carbons (Fsp3) is 0.357. The molecular weight excluding hydrogens is 290 g/mol. The lowest BCUT2D eigenvalue weighted by atomic mass is 10.0. The molecule has 1 aliphatic heterocycles. The molecule has 3 heterocycles. The van der Waals surface area contributed by atoms with Gasteiger partial charge in [0.1, 0.15) is 18.1 Å². The highest BCUT2D eigenvalue weighted by Gasteiger charge is 2.33. The van der Waals surface area contributed by atoms with Crippen molar-refractivity contribution in [1.82, 2.24) is 14.9 Å². The topological polar surface area (TPSA) is 109 Å². The first-order valence-electron chi connectivity index (χ1n) is 6.72. The van der Waals surface area contributed by atoms with E-state index in [4.69, 9.17) is 9.15 Å². The van der Waals surface area contributed by atoms with Crippen molar-refractivity contribution in [3.8, 4) is 5.75 Å². The molecule has 0 amide bonds. The molecule has 0 aliphatic carbocycles. The summed E-state index contributed by atoms with van der Waals surface area (Å²) in [5.74, 6) is -0.419. The quantitative estimate of drug-likeness (QED) is 0.840. The van der Waals surface area contributed by atoms with Gasteiger partial charge in [-0.2, -0.15) is 0 Å². The average molecular weight is 305 g/mol. The van der Waals surface area contributed by atoms with Gasteiger partial charge in [0.2, 0.25) is 11.2 Å². The molecule has 0 spiro atoms. The van der Waals surface area contributed by atoms with Gasteiger partial charge >= 0.3 is 5.97 Å². The second-order valence-electron chi connectivity index (χ2n) is 5.07. The van der Waals surface area contributed by atoms with Crippen LogP contribution in [0.15, 0.2) is 27.9 Å². The Morgan fingerprint density at radius 3 is 3.14 bits per heavy atom. The van der Waals surface area contributed by atoms with Gasteiger partial charge in [0.15, 0.2) is 0 Å². The number of nitrogens with zero attached hydrogens (tertiary/aromatic N) is 2. The lowest BCUT2D eigenvalue weighted by Crippen LogP contribution is -2.45. The maximum absolute atomic E-state index is 11.7. The Morgan fingerprint density at radius 1 is 1.64 bits per heavy atom. The zero-order chi connectivity index (χ0) is 15.7. The van der Waals surface area contributed by atoms with Crippen molar-refractivity contribution in [3.05, 3.63) is 46.0 Å². The van der Waals surface area contributed by atoms with E-state index in [1.165, 1.54) is 19.4 Å². The molecule has 2 aromatic heterocycles. The van der Waals surface area contributed by atoms with Gasteiger partial charge in [-0.15, -0.1) is 0 Å². The lowest BCUT2D eigenvalue weighted by molar-refractivity contribution is -0.144. The number of aromatic nitrogens is 2. The molecule has 0 bridgehead atoms. The minimum absolute atomic E-state index is 0.119. The highest BCUT2D eigenvalue weighted by molar-refractivity contribution is 5.74. The smallest absolute Gasteiger partial charge is 0.321 e. The van der Waals surface area contributed by atoms with Gasteiger partial charge in [0, 0.05) is 19.0 Å². The zero-order valence-electron chi connectivity index (χ0n) is 11.9. The number of carboxylic acids is 1. The Kier molecular flexibility index (Phi) is 3.68. The van der Waals surface area contributed by atoms with Crippen LogP contribution in [-0.2, 0) is 24.3 Å². The molecule has 0 fully saturated rings. The number of carboxylic acid groups (broad SMARTS) is 1. The van der Waals surface area contributed by atoms with Gasteiger partial charge < -0.3 is 19.2 Å². The molecule has 1 unspecified atom stereocenters. The van der Waals surface area contributed by atoms with Crippen LogP contribution in [0.25, 0.3) is 0 Å². The number of hydrogen-bond acceptors (Lipinski definition) is 6. The Labute approximate surface area is 125 Å². The van der Waals surface area contributed by atoms with E-state index in [0.717, 1.165) is 11.4 Å². The summed E-state index contributed by atoms with van der Waals surface area (Å²) < 4.78 is 10.2. The molecule has 116 valence electrons. The first-order chi connectivity index (χ1) is 10.6. The average Bonchev–Trinajstić information content (AvgIpc) is 2.93. The molecule has 1 aliphatic rings. The predicted molar refractivity (Wildman–Crippen MR) is 74.5 cm³/mol. The Balaban J connectivity index is 1.85. The van der Waals surface area contributed by atoms with Crippen molar-refractivity contribution >= 4 is 5.97 Å². The van der Waals surface area contributed by atoms with E-state index in [2.05, 4.69) is 9.97 Å². The third kappa shape index (κ3) is 2.60. The highest BCUT2D eigenvalue weighted by atomic mass is 16.5. The summed E-state index contributed by atoms with van der Waals surface area (Å²) in [6.07, 6.45) is 3.11. The summed E-state index contributed by atoms with van der Waals surface area (Å²) in [5.41, 5.74) is 1.35. The molecule has 8 heteroatoms. The van der Waals surface area contributed by atoms with Crippen LogP contribution in [0.3, 0.4) is 0 Å². The highest BCUT2D eigenvalue weighted by Crippen LogP contribution is 2.22. The molecule has 0 saturated heterocycles. The van der Waals surface area contributed by atoms with E-state index >= 15 is 0 Å². The summed E-state index contributed by atoms with van der Waals surface area (Å²) in [7, 11) is 1.39. The number of carbonyl (C=O) groups is 1. The molecule has 0 radical (unpaired) electrons. The van der Waals surface area contributed by atoms with Crippen LogP contribution >= 0.6 is 0 Å². The Bertz CT molecular complexity index is 751. The van der Waals surface area contributed by atoms with E-state index in [1.54, 1.807) is 11.2 Å². The second kappa shape index (κ2) is 5.64. The first kappa shape index (κ1) is 14.3. The summed E-state index contributed by atoms with van der Waals surface area (Å²) in [6.45, 7) is 0.622. The molecule has 8 nitrogen and oxygen atoms in total. The van der Waals surface area contributed by atoms with E-state index in [9.17, 15) is 14.7 Å². The lowest BCUT2D eigenvalue weighted by Gasteiger charge is -2.31. The predicted octanol–water partition coefficient (Wildman–Crippen LogP) is 0.383. The largest absolute Gasteiger partial charge is 0.490 e. The van der Waals surface area contributed by atoms with E-state index in [1.807, 2.05) is 0 Å². The third-order valence-corrected chi connectivity index (χ3v) is 3.71. The van der Waals surface area contributed by atoms with Crippen LogP contribution in [0.2, 0.25) is 0 Å². The second-order valence-corrected chi connectivity index (χ2v) is 5.07. The van der Waals surface area contributed by atoms with Crippen molar-refractivity contribution in [2.75, 3.05) is 7.11 Å². The van der Waals surface area contributed by atoms with Crippen molar-refractivity contribution < 1.29 is 19.1 Å². The van der Waals surface area contributed by atoms with Gasteiger partial charge in [0.05, 0.1) is 31.4 Å². The monoisotopic (exact) mass is 305 g/mol. The zero-order valence-corrected chi connectivity index (χ0v) is 11.9. The van der Waals surface area contributed by atoms with Gasteiger partial charge in [-0.3, -0.25) is 14.5 Å². The van der Waals surface area contributed by atoms with Crippen LogP contribution in [0.4, 0.5) is 0 Å². The standard InChI is InChI=1S/C14H15N3O5/c1-21-13-6-22-8(2-12(13)18)4-17-5-10-9(15-7-16-10)3-11(17)14(19)20/h2,6-7,11H,3-5H2,1H3,(H,15,16)(H,19,20). The van der Waals surface area contributed by atoms with Crippen LogP contribution in [0.5, 0.6) is 5.75 Å². The number of fused-ring (bicyclic) bond motifs is 1. The number of aliphatic carboxylic acids is 1. The van der Waals surface area contributed by atoms with Crippen LogP contribution in [0, 0.1) is 0 Å². The number of ether oxygens (including phenoxy) is 1. The van der Waals surface area contributed by atoms with E-state index in [0.29, 0.717) is 18.7 Å². The maximum Gasteiger partial charge on any atom is 0.321 e. The maximum atomic E-state index is 11.7. The molecule has 2 aromatic rings. The van der Waals surface area contributed by atoms with Gasteiger partial charge in [-0.1, -0.05) is 0 Å². The van der Waals surface area contributed by atoms with E-state index in [-0.39, 0.29) is 17.7 Å². The van der Waals surface area contributed by atoms with Crippen LogP contribution < -0.4 is 10.2 Å². The number of hydrogen-bond donors (Lipinski definition) is 2. The summed E-state index contributed by atoms with van der Waals surface area (Å²) in [5, 5.41) is 9.39. The van der Waals surface area contributed by atoms with Crippen molar-refractivity contribution in [1.29, 1.82) is 0 Å². The number of nitrogens with one attached hydrogen (secondary N) is 1. The molecule has 2 N–H and O–H groups in total. The number of imidazole rings is 1. The van der Waals surface area contributed by atoms with Gasteiger partial charge in [0.25, 0.3) is 0 Å². The van der Waals surface area contributed by atoms with Gasteiger partial charge in [-0.05, 0) is 0 Å². The van der Waals surface area contributed by atoms with Crippen LogP contribution in [-0.4, -0.2) is 39.1 Å². The number of H-pyrrole nitrogens is 1. The minimum atomic E-state index is -0.926. The van der Waals surface area contributed by atoms with Gasteiger partial charge in [-0.25, -0.2) is 4.98 Å². The summed E-state index contributed by atoms with van der Waals surface area (Å²) in [6, 6.07) is 0.614. The number of aromatic amines is 1. The van der Waals surface area contributed by atoms with Crippen LogP contribution in [0.1, 0.15) is 17.1 Å². The van der Waals surface area contributed by atoms with Crippen molar-refractivity contribution in [2.24, 2.45) is 0 Å².